The molecule has 0 bridgehead atoms. The van der Waals surface area contributed by atoms with Gasteiger partial charge in [0.15, 0.2) is 0 Å². The maximum absolute atomic E-state index is 11.7. The van der Waals surface area contributed by atoms with E-state index < -0.39 is 11.9 Å². The molecule has 26 heavy (non-hydrogen) atoms. The summed E-state index contributed by atoms with van der Waals surface area (Å²) in [7, 11) is 4.04. The van der Waals surface area contributed by atoms with Crippen LogP contribution in [-0.4, -0.2) is 33.3 Å². The number of ether oxygens (including phenoxy) is 4. The molecule has 0 unspecified atom stereocenters. The quantitative estimate of drug-likeness (QED) is 0.602. The molecule has 0 amide bonds. The van der Waals surface area contributed by atoms with Gasteiger partial charge in [-0.3, -0.25) is 0 Å². The van der Waals surface area contributed by atoms with Crippen molar-refractivity contribution in [3.63, 3.8) is 0 Å². The van der Waals surface area contributed by atoms with Crippen LogP contribution < -0.4 is 14.8 Å². The molecule has 2 aromatic rings. The van der Waals surface area contributed by atoms with Crippen LogP contribution in [0.2, 0.25) is 0 Å². The minimum atomic E-state index is -0.686. The van der Waals surface area contributed by atoms with Crippen LogP contribution in [0.3, 0.4) is 0 Å². The van der Waals surface area contributed by atoms with Gasteiger partial charge in [-0.15, -0.1) is 0 Å². The second-order valence-electron chi connectivity index (χ2n) is 5.00. The average Bonchev–Trinajstić information content (AvgIpc) is 2.68. The maximum Gasteiger partial charge on any atom is 0.354 e. The molecule has 0 aliphatic carbocycles. The summed E-state index contributed by atoms with van der Waals surface area (Å²) in [6, 6.07) is 14.0. The summed E-state index contributed by atoms with van der Waals surface area (Å²) in [5, 5.41) is 2.81. The zero-order valence-electron chi connectivity index (χ0n) is 14.6. The number of hydrogen-bond acceptors (Lipinski definition) is 7. The third-order valence-electron chi connectivity index (χ3n) is 3.30. The zero-order valence-corrected chi connectivity index (χ0v) is 14.6. The molecule has 0 saturated carbocycles. The van der Waals surface area contributed by atoms with Crippen molar-refractivity contribution in [2.24, 2.45) is 0 Å². The average molecular weight is 357 g/mol. The largest absolute Gasteiger partial charge is 0.497 e. The molecule has 0 aliphatic rings. The molecular weight excluding hydrogens is 338 g/mol. The van der Waals surface area contributed by atoms with E-state index in [9.17, 15) is 9.59 Å². The Bertz CT molecular complexity index is 781. The highest BCUT2D eigenvalue weighted by Gasteiger charge is 2.12. The van der Waals surface area contributed by atoms with Gasteiger partial charge < -0.3 is 24.3 Å². The maximum atomic E-state index is 11.7. The van der Waals surface area contributed by atoms with Crippen LogP contribution in [-0.2, 0) is 19.1 Å². The third-order valence-corrected chi connectivity index (χ3v) is 3.30. The van der Waals surface area contributed by atoms with Crippen LogP contribution >= 0.6 is 0 Å². The second-order valence-corrected chi connectivity index (χ2v) is 5.00. The predicted octanol–water partition coefficient (Wildman–Crippen LogP) is 3.13. The molecule has 2 rings (SSSR count). The van der Waals surface area contributed by atoms with Gasteiger partial charge >= 0.3 is 11.9 Å². The van der Waals surface area contributed by atoms with E-state index in [0.29, 0.717) is 17.2 Å². The molecule has 7 heteroatoms. The molecule has 0 atom stereocenters. The smallest absolute Gasteiger partial charge is 0.354 e. The molecular formula is C19H19NO6. The van der Waals surface area contributed by atoms with Gasteiger partial charge in [0.2, 0.25) is 0 Å². The first-order valence-corrected chi connectivity index (χ1v) is 7.62. The summed E-state index contributed by atoms with van der Waals surface area (Å²) in [4.78, 5) is 23.1. The molecule has 0 spiro atoms. The molecule has 2 aromatic carbocycles. The first-order valence-electron chi connectivity index (χ1n) is 7.62. The van der Waals surface area contributed by atoms with Crippen molar-refractivity contribution in [3.8, 4) is 17.2 Å². The minimum Gasteiger partial charge on any atom is -0.497 e. The first-order chi connectivity index (χ1) is 12.5. The number of rotatable bonds is 7. The Morgan fingerprint density at radius 2 is 1.35 bits per heavy atom. The van der Waals surface area contributed by atoms with Gasteiger partial charge in [0.05, 0.1) is 27.4 Å². The highest BCUT2D eigenvalue weighted by atomic mass is 16.5. The second kappa shape index (κ2) is 9.12. The van der Waals surface area contributed by atoms with E-state index in [1.54, 1.807) is 55.6 Å². The van der Waals surface area contributed by atoms with Gasteiger partial charge in [0.1, 0.15) is 22.9 Å². The molecule has 136 valence electrons. The molecule has 0 aliphatic heterocycles. The fourth-order valence-electron chi connectivity index (χ4n) is 1.97. The summed E-state index contributed by atoms with van der Waals surface area (Å²) >= 11 is 0. The van der Waals surface area contributed by atoms with Crippen molar-refractivity contribution >= 4 is 17.6 Å². The van der Waals surface area contributed by atoms with Crippen molar-refractivity contribution in [1.82, 2.24) is 0 Å². The Labute approximate surface area is 151 Å². The Morgan fingerprint density at radius 1 is 0.808 bits per heavy atom. The predicted molar refractivity (Wildman–Crippen MR) is 95.2 cm³/mol. The van der Waals surface area contributed by atoms with E-state index in [2.05, 4.69) is 14.8 Å². The summed E-state index contributed by atoms with van der Waals surface area (Å²) < 4.78 is 20.0. The molecule has 7 nitrogen and oxygen atoms in total. The van der Waals surface area contributed by atoms with Crippen molar-refractivity contribution in [2.45, 2.75) is 0 Å². The minimum absolute atomic E-state index is 0.0387. The van der Waals surface area contributed by atoms with Crippen molar-refractivity contribution in [3.05, 3.63) is 60.3 Å². The summed E-state index contributed by atoms with van der Waals surface area (Å²) in [5.41, 5.74) is 0.538. The first kappa shape index (κ1) is 18.9. The summed E-state index contributed by atoms with van der Waals surface area (Å²) in [6.07, 6.45) is 1.02. The Kier molecular flexibility index (Phi) is 6.61. The lowest BCUT2D eigenvalue weighted by atomic mass is 10.2. The lowest BCUT2D eigenvalue weighted by molar-refractivity contribution is -0.138. The van der Waals surface area contributed by atoms with Gasteiger partial charge in [-0.2, -0.15) is 0 Å². The van der Waals surface area contributed by atoms with Crippen molar-refractivity contribution in [1.29, 1.82) is 0 Å². The topological polar surface area (TPSA) is 83.1 Å². The van der Waals surface area contributed by atoms with Crippen LogP contribution in [0.4, 0.5) is 5.69 Å². The Balaban J connectivity index is 2.08. The molecule has 0 fully saturated rings. The molecule has 0 heterocycles. The van der Waals surface area contributed by atoms with E-state index in [1.807, 2.05) is 0 Å². The molecule has 0 radical (unpaired) electrons. The van der Waals surface area contributed by atoms with Crippen LogP contribution in [0.1, 0.15) is 0 Å². The van der Waals surface area contributed by atoms with Crippen molar-refractivity contribution < 1.29 is 28.5 Å². The lowest BCUT2D eigenvalue weighted by Crippen LogP contribution is -2.15. The molecule has 0 saturated heterocycles. The van der Waals surface area contributed by atoms with Crippen molar-refractivity contribution in [2.75, 3.05) is 26.6 Å². The molecule has 1 N–H and O–H groups in total. The monoisotopic (exact) mass is 357 g/mol. The SMILES string of the molecule is COC(=O)/C=C(/Nc1ccc(Oc2ccc(OC)cc2)cc1)C(=O)OC. The normalized spacial score (nSPS) is 10.7. The summed E-state index contributed by atoms with van der Waals surface area (Å²) in [6.45, 7) is 0. The van der Waals surface area contributed by atoms with Gasteiger partial charge in [0.25, 0.3) is 0 Å². The third kappa shape index (κ3) is 5.27. The number of benzene rings is 2. The standard InChI is InChI=1S/C19H19NO6/c1-23-14-8-10-16(11-9-14)26-15-6-4-13(5-7-15)20-17(19(22)25-3)12-18(21)24-2/h4-12,20H,1-3H3/b17-12+. The van der Waals surface area contributed by atoms with Crippen LogP contribution in [0.15, 0.2) is 60.3 Å². The lowest BCUT2D eigenvalue weighted by Gasteiger charge is -2.10. The van der Waals surface area contributed by atoms with Gasteiger partial charge in [0, 0.05) is 5.69 Å². The number of hydrogen-bond donors (Lipinski definition) is 1. The van der Waals surface area contributed by atoms with E-state index in [1.165, 1.54) is 14.2 Å². The highest BCUT2D eigenvalue weighted by molar-refractivity contribution is 5.98. The number of carbonyl (C=O) groups excluding carboxylic acids is 2. The zero-order chi connectivity index (χ0) is 18.9. The fraction of sp³-hybridized carbons (Fsp3) is 0.158. The fourth-order valence-corrected chi connectivity index (χ4v) is 1.97. The van der Waals surface area contributed by atoms with Crippen LogP contribution in [0, 0.1) is 0 Å². The van der Waals surface area contributed by atoms with E-state index >= 15 is 0 Å². The Hall–Kier alpha value is -3.48. The Morgan fingerprint density at radius 3 is 1.85 bits per heavy atom. The van der Waals surface area contributed by atoms with Crippen LogP contribution in [0.5, 0.6) is 17.2 Å². The van der Waals surface area contributed by atoms with Crippen LogP contribution in [0.25, 0.3) is 0 Å². The number of methoxy groups -OCH3 is 3. The number of carbonyl (C=O) groups is 2. The van der Waals surface area contributed by atoms with E-state index in [-0.39, 0.29) is 5.70 Å². The number of nitrogens with one attached hydrogen (secondary N) is 1. The number of anilines is 1. The van der Waals surface area contributed by atoms with Gasteiger partial charge in [-0.1, -0.05) is 0 Å². The van der Waals surface area contributed by atoms with E-state index in [4.69, 9.17) is 9.47 Å². The van der Waals surface area contributed by atoms with Gasteiger partial charge in [-0.25, -0.2) is 9.59 Å². The highest BCUT2D eigenvalue weighted by Crippen LogP contribution is 2.25. The number of esters is 2. The summed E-state index contributed by atoms with van der Waals surface area (Å²) in [5.74, 6) is 0.653. The van der Waals surface area contributed by atoms with Gasteiger partial charge in [-0.05, 0) is 48.5 Å². The van der Waals surface area contributed by atoms with E-state index in [0.717, 1.165) is 11.8 Å². The molecule has 0 aromatic heterocycles.